The fourth-order valence-corrected chi connectivity index (χ4v) is 2.49. The van der Waals surface area contributed by atoms with E-state index in [1.54, 1.807) is 12.4 Å². The van der Waals surface area contributed by atoms with E-state index in [1.807, 2.05) is 24.3 Å². The van der Waals surface area contributed by atoms with Crippen molar-refractivity contribution in [2.75, 3.05) is 11.9 Å². The second-order valence-electron chi connectivity index (χ2n) is 5.25. The number of nitrogens with zero attached hydrogens (tertiary/aromatic N) is 2. The maximum Gasteiger partial charge on any atom is 0.253 e. The van der Waals surface area contributed by atoms with Crippen LogP contribution < -0.4 is 11.1 Å². The predicted octanol–water partition coefficient (Wildman–Crippen LogP) is 2.01. The van der Waals surface area contributed by atoms with Gasteiger partial charge in [0.05, 0.1) is 6.10 Å². The van der Waals surface area contributed by atoms with Crippen molar-refractivity contribution in [1.82, 2.24) is 9.97 Å². The summed E-state index contributed by atoms with van der Waals surface area (Å²) in [6.07, 6.45) is 6.13. The Morgan fingerprint density at radius 2 is 1.87 bits per heavy atom. The minimum atomic E-state index is -0.407. The van der Waals surface area contributed by atoms with E-state index in [4.69, 9.17) is 10.5 Å². The third-order valence-corrected chi connectivity index (χ3v) is 3.71. The molecule has 1 fully saturated rings. The molecule has 0 aliphatic carbocycles. The van der Waals surface area contributed by atoms with Gasteiger partial charge in [-0.05, 0) is 30.5 Å². The first-order chi connectivity index (χ1) is 10.8. The predicted molar refractivity (Wildman–Crippen MR) is 90.3 cm³/mol. The number of carbonyl (C=O) groups is 1. The second-order valence-corrected chi connectivity index (χ2v) is 5.25. The van der Waals surface area contributed by atoms with Crippen LogP contribution in [0.25, 0.3) is 11.1 Å². The molecular weight excluding hydrogens is 316 g/mol. The highest BCUT2D eigenvalue weighted by Crippen LogP contribution is 2.22. The summed E-state index contributed by atoms with van der Waals surface area (Å²) in [6, 6.07) is 7.56. The molecule has 122 valence electrons. The van der Waals surface area contributed by atoms with Gasteiger partial charge in [0.25, 0.3) is 5.91 Å². The number of halogens is 1. The highest BCUT2D eigenvalue weighted by Gasteiger charge is 2.29. The van der Waals surface area contributed by atoms with Gasteiger partial charge in [0.15, 0.2) is 0 Å². The monoisotopic (exact) mass is 334 g/mol. The number of benzene rings is 1. The van der Waals surface area contributed by atoms with Gasteiger partial charge in [-0.1, -0.05) is 12.1 Å². The zero-order valence-electron chi connectivity index (χ0n) is 12.5. The van der Waals surface area contributed by atoms with Crippen LogP contribution in [0.15, 0.2) is 43.0 Å². The summed E-state index contributed by atoms with van der Waals surface area (Å²) in [5, 5.41) is 2.87. The minimum absolute atomic E-state index is 0. The van der Waals surface area contributed by atoms with Crippen LogP contribution in [0.5, 0.6) is 0 Å². The molecule has 1 amide bonds. The minimum Gasteiger partial charge on any atom is -0.364 e. The molecule has 1 aromatic carbocycles. The molecule has 6 nitrogen and oxygen atoms in total. The highest BCUT2D eigenvalue weighted by atomic mass is 35.5. The molecular formula is C16H19ClN4O2. The molecule has 7 heteroatoms. The zero-order chi connectivity index (χ0) is 15.4. The maximum atomic E-state index is 12.1. The van der Waals surface area contributed by atoms with Crippen LogP contribution in [-0.2, 0) is 9.53 Å². The third kappa shape index (κ3) is 4.25. The van der Waals surface area contributed by atoms with Gasteiger partial charge in [0.2, 0.25) is 0 Å². The molecule has 0 radical (unpaired) electrons. The molecule has 0 unspecified atom stereocenters. The van der Waals surface area contributed by atoms with Crippen LogP contribution in [0.1, 0.15) is 12.8 Å². The van der Waals surface area contributed by atoms with Crippen LogP contribution in [0.2, 0.25) is 0 Å². The van der Waals surface area contributed by atoms with Gasteiger partial charge in [-0.25, -0.2) is 9.97 Å². The normalized spacial score (nSPS) is 19.9. The first-order valence-electron chi connectivity index (χ1n) is 7.28. The average molecular weight is 335 g/mol. The molecule has 23 heavy (non-hydrogen) atoms. The van der Waals surface area contributed by atoms with Crippen LogP contribution in [-0.4, -0.2) is 34.6 Å². The van der Waals surface area contributed by atoms with Gasteiger partial charge in [-0.15, -0.1) is 12.4 Å². The molecule has 0 saturated carbocycles. The molecule has 0 spiro atoms. The quantitative estimate of drug-likeness (QED) is 0.892. The summed E-state index contributed by atoms with van der Waals surface area (Å²) in [4.78, 5) is 20.1. The van der Waals surface area contributed by atoms with Gasteiger partial charge in [0, 0.05) is 30.2 Å². The fourth-order valence-electron chi connectivity index (χ4n) is 2.49. The molecule has 3 N–H and O–H groups in total. The number of nitrogens with one attached hydrogen (secondary N) is 1. The Bertz CT molecular complexity index is 636. The van der Waals surface area contributed by atoms with Gasteiger partial charge >= 0.3 is 0 Å². The van der Waals surface area contributed by atoms with E-state index in [1.165, 1.54) is 6.33 Å². The number of ether oxygens (including phenoxy) is 1. The van der Waals surface area contributed by atoms with E-state index in [0.717, 1.165) is 23.2 Å². The third-order valence-electron chi connectivity index (χ3n) is 3.71. The molecule has 1 saturated heterocycles. The molecule has 2 aromatic rings. The highest BCUT2D eigenvalue weighted by molar-refractivity contribution is 5.94. The lowest BCUT2D eigenvalue weighted by molar-refractivity contribution is -0.126. The fraction of sp³-hybridized carbons (Fsp3) is 0.312. The largest absolute Gasteiger partial charge is 0.364 e. The topological polar surface area (TPSA) is 90.1 Å². The van der Waals surface area contributed by atoms with Crippen molar-refractivity contribution >= 4 is 24.0 Å². The van der Waals surface area contributed by atoms with Crippen molar-refractivity contribution in [3.8, 4) is 11.1 Å². The van der Waals surface area contributed by atoms with E-state index >= 15 is 0 Å². The zero-order valence-corrected chi connectivity index (χ0v) is 13.3. The van der Waals surface area contributed by atoms with E-state index in [2.05, 4.69) is 15.3 Å². The number of amides is 1. The van der Waals surface area contributed by atoms with Gasteiger partial charge in [-0.2, -0.15) is 0 Å². The SMILES string of the molecule is Cl.NC[C@H]1CC[C@@H](C(=O)Nc2ccc(-c3cncnc3)cc2)O1. The lowest BCUT2D eigenvalue weighted by Gasteiger charge is -2.13. The van der Waals surface area contributed by atoms with Crippen LogP contribution in [0, 0.1) is 0 Å². The van der Waals surface area contributed by atoms with Crippen molar-refractivity contribution in [2.45, 2.75) is 25.0 Å². The molecule has 3 rings (SSSR count). The number of nitrogens with two attached hydrogens (primary N) is 1. The van der Waals surface area contributed by atoms with E-state index in [0.29, 0.717) is 13.0 Å². The van der Waals surface area contributed by atoms with E-state index in [-0.39, 0.29) is 24.4 Å². The van der Waals surface area contributed by atoms with Crippen molar-refractivity contribution in [2.24, 2.45) is 5.73 Å². The first-order valence-corrected chi connectivity index (χ1v) is 7.28. The van der Waals surface area contributed by atoms with Crippen molar-refractivity contribution in [1.29, 1.82) is 0 Å². The number of anilines is 1. The Labute approximate surface area is 140 Å². The lowest BCUT2D eigenvalue weighted by atomic mass is 10.1. The van der Waals surface area contributed by atoms with Crippen molar-refractivity contribution < 1.29 is 9.53 Å². The summed E-state index contributed by atoms with van der Waals surface area (Å²) >= 11 is 0. The molecule has 0 bridgehead atoms. The van der Waals surface area contributed by atoms with E-state index < -0.39 is 6.10 Å². The molecule has 2 heterocycles. The Balaban J connectivity index is 0.00000192. The Morgan fingerprint density at radius 1 is 1.17 bits per heavy atom. The lowest BCUT2D eigenvalue weighted by Crippen LogP contribution is -2.29. The summed E-state index contributed by atoms with van der Waals surface area (Å²) in [5.74, 6) is -0.119. The van der Waals surface area contributed by atoms with Gasteiger partial charge in [0.1, 0.15) is 12.4 Å². The number of hydrogen-bond acceptors (Lipinski definition) is 5. The molecule has 1 aliphatic heterocycles. The number of hydrogen-bond donors (Lipinski definition) is 2. The summed E-state index contributed by atoms with van der Waals surface area (Å²) in [5.41, 5.74) is 8.23. The average Bonchev–Trinajstić information content (AvgIpc) is 3.06. The molecule has 1 aromatic heterocycles. The van der Waals surface area contributed by atoms with E-state index in [9.17, 15) is 4.79 Å². The standard InChI is InChI=1S/C16H18N4O2.ClH/c17-7-14-5-6-15(22-14)16(21)20-13-3-1-11(2-4-13)12-8-18-10-19-9-12;/h1-4,8-10,14-15H,5-7,17H2,(H,20,21);1H/t14-,15+;/m1./s1. The second kappa shape index (κ2) is 8.01. The van der Waals surface area contributed by atoms with Gasteiger partial charge in [-0.3, -0.25) is 4.79 Å². The number of aromatic nitrogens is 2. The molecule has 2 atom stereocenters. The maximum absolute atomic E-state index is 12.1. The van der Waals surface area contributed by atoms with Crippen LogP contribution in [0.3, 0.4) is 0 Å². The van der Waals surface area contributed by atoms with Crippen molar-refractivity contribution in [3.05, 3.63) is 43.0 Å². The number of rotatable bonds is 4. The van der Waals surface area contributed by atoms with Gasteiger partial charge < -0.3 is 15.8 Å². The van der Waals surface area contributed by atoms with Crippen molar-refractivity contribution in [3.63, 3.8) is 0 Å². The smallest absolute Gasteiger partial charge is 0.253 e. The van der Waals surface area contributed by atoms with Crippen LogP contribution >= 0.6 is 12.4 Å². The first kappa shape index (κ1) is 17.3. The number of carbonyl (C=O) groups excluding carboxylic acids is 1. The summed E-state index contributed by atoms with van der Waals surface area (Å²) in [6.45, 7) is 0.456. The Kier molecular flexibility index (Phi) is 6.04. The summed E-state index contributed by atoms with van der Waals surface area (Å²) < 4.78 is 5.58. The Hall–Kier alpha value is -2.02. The molecule has 1 aliphatic rings. The Morgan fingerprint density at radius 3 is 2.48 bits per heavy atom. The van der Waals surface area contributed by atoms with Crippen LogP contribution in [0.4, 0.5) is 5.69 Å². The summed E-state index contributed by atoms with van der Waals surface area (Å²) in [7, 11) is 0.